The van der Waals surface area contributed by atoms with Crippen molar-refractivity contribution in [1.29, 1.82) is 0 Å². The topological polar surface area (TPSA) is 56.8 Å². The van der Waals surface area contributed by atoms with Crippen LogP contribution < -0.4 is 0 Å². The van der Waals surface area contributed by atoms with Crippen LogP contribution in [0.2, 0.25) is 0 Å². The highest BCUT2D eigenvalue weighted by Gasteiger charge is 2.48. The number of amides is 3. The molecule has 1 aromatic rings. The van der Waals surface area contributed by atoms with Crippen molar-refractivity contribution in [2.45, 2.75) is 26.3 Å². The average molecular weight is 322 g/mol. The first-order chi connectivity index (χ1) is 10.4. The van der Waals surface area contributed by atoms with Gasteiger partial charge in [-0.1, -0.05) is 0 Å². The first-order valence-electron chi connectivity index (χ1n) is 7.54. The van der Waals surface area contributed by atoms with E-state index in [0.29, 0.717) is 19.5 Å². The zero-order valence-electron chi connectivity index (χ0n) is 13.3. The number of aromatic nitrogens is 1. The predicted octanol–water partition coefficient (Wildman–Crippen LogP) is 1.56. The Kier molecular flexibility index (Phi) is 3.84. The number of thiazole rings is 1. The van der Waals surface area contributed by atoms with Crippen molar-refractivity contribution in [2.75, 3.05) is 33.7 Å². The molecule has 6 nitrogen and oxygen atoms in total. The molecule has 3 rings (SSSR count). The van der Waals surface area contributed by atoms with Crippen molar-refractivity contribution in [2.24, 2.45) is 5.41 Å². The van der Waals surface area contributed by atoms with Gasteiger partial charge in [0, 0.05) is 50.9 Å². The molecular formula is C15H22N4O2S. The van der Waals surface area contributed by atoms with E-state index in [9.17, 15) is 9.59 Å². The third-order valence-electron chi connectivity index (χ3n) is 4.52. The standard InChI is InChI=1S/C15H22N4O2S/c1-11-16-12(8-22-11)7-19-10-15(6-13(19)20)4-5-18(9-15)14(21)17(2)3/h8H,4-7,9-10H2,1-3H3/t15-/m0/s1. The third kappa shape index (κ3) is 2.82. The van der Waals surface area contributed by atoms with E-state index in [1.54, 1.807) is 30.3 Å². The maximum absolute atomic E-state index is 12.3. The molecule has 0 unspecified atom stereocenters. The van der Waals surface area contributed by atoms with Gasteiger partial charge in [0.05, 0.1) is 17.2 Å². The normalized spacial score (nSPS) is 24.6. The molecule has 0 saturated carbocycles. The minimum absolute atomic E-state index is 0.0397. The first-order valence-corrected chi connectivity index (χ1v) is 8.42. The van der Waals surface area contributed by atoms with Gasteiger partial charge in [-0.2, -0.15) is 0 Å². The van der Waals surface area contributed by atoms with Crippen molar-refractivity contribution in [3.8, 4) is 0 Å². The lowest BCUT2D eigenvalue weighted by Crippen LogP contribution is -2.39. The molecule has 0 aromatic carbocycles. The molecule has 0 radical (unpaired) electrons. The fourth-order valence-electron chi connectivity index (χ4n) is 3.46. The van der Waals surface area contributed by atoms with E-state index >= 15 is 0 Å². The smallest absolute Gasteiger partial charge is 0.319 e. The van der Waals surface area contributed by atoms with E-state index in [1.165, 1.54) is 0 Å². The number of hydrogen-bond acceptors (Lipinski definition) is 4. The van der Waals surface area contributed by atoms with E-state index in [0.717, 1.165) is 30.2 Å². The van der Waals surface area contributed by atoms with Crippen molar-refractivity contribution in [1.82, 2.24) is 19.7 Å². The van der Waals surface area contributed by atoms with Gasteiger partial charge in [-0.25, -0.2) is 9.78 Å². The molecule has 3 heterocycles. The minimum Gasteiger partial charge on any atom is -0.336 e. The number of aryl methyl sites for hydroxylation is 1. The minimum atomic E-state index is -0.0617. The highest BCUT2D eigenvalue weighted by Crippen LogP contribution is 2.40. The maximum atomic E-state index is 12.3. The number of rotatable bonds is 2. The lowest BCUT2D eigenvalue weighted by atomic mass is 9.86. The lowest BCUT2D eigenvalue weighted by molar-refractivity contribution is -0.128. The van der Waals surface area contributed by atoms with Gasteiger partial charge in [0.15, 0.2) is 0 Å². The second-order valence-corrected chi connectivity index (χ2v) is 7.70. The Morgan fingerprint density at radius 3 is 2.86 bits per heavy atom. The Bertz CT molecular complexity index is 600. The van der Waals surface area contributed by atoms with Crippen LogP contribution in [-0.2, 0) is 11.3 Å². The van der Waals surface area contributed by atoms with E-state index in [-0.39, 0.29) is 17.4 Å². The second-order valence-electron chi connectivity index (χ2n) is 6.63. The predicted molar refractivity (Wildman–Crippen MR) is 84.6 cm³/mol. The molecule has 0 aliphatic carbocycles. The van der Waals surface area contributed by atoms with Crippen LogP contribution in [0, 0.1) is 12.3 Å². The number of likely N-dealkylation sites (tertiary alicyclic amines) is 2. The number of nitrogens with zero attached hydrogens (tertiary/aromatic N) is 4. The van der Waals surface area contributed by atoms with Crippen LogP contribution in [0.15, 0.2) is 5.38 Å². The Labute approximate surface area is 134 Å². The molecular weight excluding hydrogens is 300 g/mol. The summed E-state index contributed by atoms with van der Waals surface area (Å²) in [6.07, 6.45) is 1.46. The molecule has 3 amide bonds. The summed E-state index contributed by atoms with van der Waals surface area (Å²) >= 11 is 1.61. The summed E-state index contributed by atoms with van der Waals surface area (Å²) in [7, 11) is 3.54. The van der Waals surface area contributed by atoms with Crippen LogP contribution in [0.1, 0.15) is 23.5 Å². The monoisotopic (exact) mass is 322 g/mol. The van der Waals surface area contributed by atoms with Gasteiger partial charge in [-0.05, 0) is 13.3 Å². The average Bonchev–Trinajstić information content (AvgIpc) is 3.12. The number of carbonyl (C=O) groups excluding carboxylic acids is 2. The largest absolute Gasteiger partial charge is 0.336 e. The van der Waals surface area contributed by atoms with Crippen molar-refractivity contribution < 1.29 is 9.59 Å². The Balaban J connectivity index is 1.65. The van der Waals surface area contributed by atoms with Crippen LogP contribution in [0.3, 0.4) is 0 Å². The summed E-state index contributed by atoms with van der Waals surface area (Å²) in [5, 5.41) is 3.05. The molecule has 1 atom stereocenters. The maximum Gasteiger partial charge on any atom is 0.319 e. The van der Waals surface area contributed by atoms with E-state index in [1.807, 2.05) is 22.1 Å². The van der Waals surface area contributed by atoms with Gasteiger partial charge in [0.1, 0.15) is 0 Å². The molecule has 22 heavy (non-hydrogen) atoms. The zero-order chi connectivity index (χ0) is 15.9. The summed E-state index contributed by atoms with van der Waals surface area (Å²) in [4.78, 5) is 34.2. The van der Waals surface area contributed by atoms with Gasteiger partial charge < -0.3 is 14.7 Å². The SMILES string of the molecule is Cc1nc(CN2C[C@@]3(CCN(C(=O)N(C)C)C3)CC2=O)cs1. The summed E-state index contributed by atoms with van der Waals surface area (Å²) in [5.41, 5.74) is 0.903. The molecule has 2 aliphatic heterocycles. The fourth-order valence-corrected chi connectivity index (χ4v) is 4.06. The van der Waals surface area contributed by atoms with Crippen LogP contribution in [0.5, 0.6) is 0 Å². The fraction of sp³-hybridized carbons (Fsp3) is 0.667. The number of hydrogen-bond donors (Lipinski definition) is 0. The molecule has 120 valence electrons. The van der Waals surface area contributed by atoms with E-state index in [2.05, 4.69) is 4.98 Å². The van der Waals surface area contributed by atoms with Gasteiger partial charge in [0.2, 0.25) is 5.91 Å². The zero-order valence-corrected chi connectivity index (χ0v) is 14.2. The molecule has 1 aromatic heterocycles. The van der Waals surface area contributed by atoms with Gasteiger partial charge in [-0.15, -0.1) is 11.3 Å². The van der Waals surface area contributed by atoms with E-state index in [4.69, 9.17) is 0 Å². The summed E-state index contributed by atoms with van der Waals surface area (Å²) in [6.45, 7) is 4.73. The molecule has 2 saturated heterocycles. The van der Waals surface area contributed by atoms with Gasteiger partial charge >= 0.3 is 6.03 Å². The van der Waals surface area contributed by atoms with Crippen LogP contribution in [-0.4, -0.2) is 65.4 Å². The molecule has 0 N–H and O–H groups in total. The van der Waals surface area contributed by atoms with Crippen molar-refractivity contribution in [3.05, 3.63) is 16.1 Å². The number of urea groups is 1. The van der Waals surface area contributed by atoms with Crippen LogP contribution in [0.25, 0.3) is 0 Å². The van der Waals surface area contributed by atoms with Gasteiger partial charge in [0.25, 0.3) is 0 Å². The Morgan fingerprint density at radius 2 is 2.23 bits per heavy atom. The van der Waals surface area contributed by atoms with Crippen molar-refractivity contribution >= 4 is 23.3 Å². The lowest BCUT2D eigenvalue weighted by Gasteiger charge is -2.25. The molecule has 0 bridgehead atoms. The van der Waals surface area contributed by atoms with Crippen molar-refractivity contribution in [3.63, 3.8) is 0 Å². The van der Waals surface area contributed by atoms with Gasteiger partial charge in [-0.3, -0.25) is 4.79 Å². The summed E-state index contributed by atoms with van der Waals surface area (Å²) < 4.78 is 0. The highest BCUT2D eigenvalue weighted by atomic mass is 32.1. The summed E-state index contributed by atoms with van der Waals surface area (Å²) in [6, 6.07) is 0.0397. The molecule has 7 heteroatoms. The molecule has 2 aliphatic rings. The summed E-state index contributed by atoms with van der Waals surface area (Å²) in [5.74, 6) is 0.185. The quantitative estimate of drug-likeness (QED) is 0.830. The highest BCUT2D eigenvalue weighted by molar-refractivity contribution is 7.09. The Morgan fingerprint density at radius 1 is 1.45 bits per heavy atom. The van der Waals surface area contributed by atoms with E-state index < -0.39 is 0 Å². The molecule has 2 fully saturated rings. The molecule has 1 spiro atoms. The van der Waals surface area contributed by atoms with Crippen LogP contribution in [0.4, 0.5) is 4.79 Å². The number of carbonyl (C=O) groups is 2. The van der Waals surface area contributed by atoms with Crippen LogP contribution >= 0.6 is 11.3 Å². The second kappa shape index (κ2) is 5.53. The Hall–Kier alpha value is -1.63. The first kappa shape index (κ1) is 15.3. The third-order valence-corrected chi connectivity index (χ3v) is 5.34.